The third kappa shape index (κ3) is 4.03. The molecule has 0 spiro atoms. The molecule has 4 amide bonds. The maximum atomic E-state index is 12.9. The van der Waals surface area contributed by atoms with E-state index in [1.165, 1.54) is 18.2 Å². The highest BCUT2D eigenvalue weighted by atomic mass is 16.6. The fraction of sp³-hybridized carbons (Fsp3) is 0.0500. The zero-order valence-electron chi connectivity index (χ0n) is 15.0. The molecule has 1 N–H and O–H groups in total. The topological polar surface area (TPSA) is 119 Å². The van der Waals surface area contributed by atoms with Crippen molar-refractivity contribution in [2.45, 2.75) is 0 Å². The molecule has 2 aromatic rings. The summed E-state index contributed by atoms with van der Waals surface area (Å²) in [5.41, 5.74) is 0.0786. The van der Waals surface area contributed by atoms with E-state index in [2.05, 4.69) is 11.9 Å². The monoisotopic (exact) mass is 393 g/mol. The first-order chi connectivity index (χ1) is 13.9. The van der Waals surface area contributed by atoms with Crippen molar-refractivity contribution in [3.8, 4) is 5.75 Å². The Balaban J connectivity index is 1.98. The second kappa shape index (κ2) is 8.17. The summed E-state index contributed by atoms with van der Waals surface area (Å²) < 4.78 is 5.52. The molecule has 3 rings (SSSR count). The Kier molecular flexibility index (Phi) is 5.49. The van der Waals surface area contributed by atoms with Crippen LogP contribution in [0.1, 0.15) is 5.56 Å². The highest BCUT2D eigenvalue weighted by Gasteiger charge is 2.37. The first kappa shape index (κ1) is 19.5. The molecule has 0 aromatic heterocycles. The van der Waals surface area contributed by atoms with Crippen LogP contribution in [0.25, 0.3) is 6.08 Å². The third-order valence-corrected chi connectivity index (χ3v) is 4.00. The van der Waals surface area contributed by atoms with Crippen LogP contribution in [-0.2, 0) is 9.59 Å². The van der Waals surface area contributed by atoms with Gasteiger partial charge in [0.05, 0.1) is 10.6 Å². The number of imide groups is 2. The normalized spacial score (nSPS) is 15.2. The summed E-state index contributed by atoms with van der Waals surface area (Å²) in [5, 5.41) is 12.9. The Labute approximate surface area is 165 Å². The van der Waals surface area contributed by atoms with Crippen molar-refractivity contribution in [2.75, 3.05) is 11.5 Å². The predicted octanol–water partition coefficient (Wildman–Crippen LogP) is 2.83. The zero-order valence-corrected chi connectivity index (χ0v) is 15.0. The summed E-state index contributed by atoms with van der Waals surface area (Å²) in [5.74, 6) is -1.28. The number of benzene rings is 2. The number of anilines is 1. The molecule has 1 saturated heterocycles. The average Bonchev–Trinajstić information content (AvgIpc) is 2.70. The number of urea groups is 1. The number of carbonyl (C=O) groups is 3. The summed E-state index contributed by atoms with van der Waals surface area (Å²) in [6.45, 7) is 3.80. The molecule has 146 valence electrons. The van der Waals surface area contributed by atoms with Crippen LogP contribution in [0, 0.1) is 10.1 Å². The number of barbiturate groups is 1. The van der Waals surface area contributed by atoms with E-state index in [9.17, 15) is 24.5 Å². The van der Waals surface area contributed by atoms with Gasteiger partial charge in [-0.05, 0) is 24.3 Å². The lowest BCUT2D eigenvalue weighted by molar-refractivity contribution is -0.384. The quantitative estimate of drug-likeness (QED) is 0.265. The summed E-state index contributed by atoms with van der Waals surface area (Å²) in [6, 6.07) is 10.6. The zero-order chi connectivity index (χ0) is 21.0. The molecular formula is C20H15N3O6. The predicted molar refractivity (Wildman–Crippen MR) is 104 cm³/mol. The maximum Gasteiger partial charge on any atom is 0.335 e. The summed E-state index contributed by atoms with van der Waals surface area (Å²) in [7, 11) is 0. The molecule has 0 aliphatic carbocycles. The van der Waals surface area contributed by atoms with Crippen LogP contribution in [0.3, 0.4) is 0 Å². The van der Waals surface area contributed by atoms with E-state index in [1.807, 2.05) is 0 Å². The van der Waals surface area contributed by atoms with Crippen LogP contribution in [-0.4, -0.2) is 29.4 Å². The number of non-ortho nitro benzene ring substituents is 1. The molecule has 1 fully saturated rings. The first-order valence-electron chi connectivity index (χ1n) is 8.41. The van der Waals surface area contributed by atoms with Crippen LogP contribution in [0.2, 0.25) is 0 Å². The Morgan fingerprint density at radius 3 is 2.45 bits per heavy atom. The minimum atomic E-state index is -0.942. The molecule has 9 heteroatoms. The minimum Gasteiger partial charge on any atom is -0.489 e. The van der Waals surface area contributed by atoms with E-state index in [-0.39, 0.29) is 23.6 Å². The Morgan fingerprint density at radius 2 is 1.79 bits per heavy atom. The Hall–Kier alpha value is -4.27. The summed E-state index contributed by atoms with van der Waals surface area (Å²) in [4.78, 5) is 48.3. The van der Waals surface area contributed by atoms with Crippen LogP contribution < -0.4 is 15.0 Å². The van der Waals surface area contributed by atoms with Crippen molar-refractivity contribution in [2.24, 2.45) is 0 Å². The number of para-hydroxylation sites is 1. The molecule has 9 nitrogen and oxygen atoms in total. The molecule has 1 aliphatic rings. The lowest BCUT2D eigenvalue weighted by atomic mass is 10.1. The van der Waals surface area contributed by atoms with Gasteiger partial charge in [-0.25, -0.2) is 9.69 Å². The van der Waals surface area contributed by atoms with Crippen molar-refractivity contribution in [3.05, 3.63) is 82.4 Å². The summed E-state index contributed by atoms with van der Waals surface area (Å²) >= 11 is 0. The first-order valence-corrected chi connectivity index (χ1v) is 8.41. The highest BCUT2D eigenvalue weighted by Crippen LogP contribution is 2.26. The van der Waals surface area contributed by atoms with Gasteiger partial charge in [0, 0.05) is 17.7 Å². The van der Waals surface area contributed by atoms with E-state index in [0.29, 0.717) is 11.3 Å². The van der Waals surface area contributed by atoms with Crippen molar-refractivity contribution < 1.29 is 24.0 Å². The van der Waals surface area contributed by atoms with Gasteiger partial charge in [-0.1, -0.05) is 30.9 Å². The highest BCUT2D eigenvalue weighted by molar-refractivity contribution is 6.39. The number of nitro groups is 1. The second-order valence-corrected chi connectivity index (χ2v) is 5.87. The lowest BCUT2D eigenvalue weighted by Crippen LogP contribution is -2.54. The molecule has 0 saturated carbocycles. The van der Waals surface area contributed by atoms with E-state index in [4.69, 9.17) is 4.74 Å². The fourth-order valence-corrected chi connectivity index (χ4v) is 2.65. The Bertz CT molecular complexity index is 1040. The van der Waals surface area contributed by atoms with Gasteiger partial charge in [0.2, 0.25) is 0 Å². The maximum absolute atomic E-state index is 12.9. The standard InChI is InChI=1S/C20H15N3O6/c1-2-11-29-17-6-4-3-5-13(17)12-16-18(24)21-20(26)22(19(16)25)14-7-9-15(10-8-14)23(27)28/h2-10,12H,1,11H2,(H,21,24,26)/b16-12+. The van der Waals surface area contributed by atoms with E-state index >= 15 is 0 Å². The van der Waals surface area contributed by atoms with Crippen molar-refractivity contribution >= 4 is 35.3 Å². The summed E-state index contributed by atoms with van der Waals surface area (Å²) in [6.07, 6.45) is 2.87. The van der Waals surface area contributed by atoms with Crippen LogP contribution in [0.5, 0.6) is 5.75 Å². The average molecular weight is 393 g/mol. The van der Waals surface area contributed by atoms with Crippen molar-refractivity contribution in [3.63, 3.8) is 0 Å². The molecule has 1 aliphatic heterocycles. The number of ether oxygens (including phenoxy) is 1. The number of carbonyl (C=O) groups excluding carboxylic acids is 3. The minimum absolute atomic E-state index is 0.0905. The van der Waals surface area contributed by atoms with Crippen LogP contribution in [0.15, 0.2) is 66.8 Å². The number of nitro benzene ring substituents is 1. The smallest absolute Gasteiger partial charge is 0.335 e. The molecule has 0 bridgehead atoms. The number of hydrogen-bond donors (Lipinski definition) is 1. The lowest BCUT2D eigenvalue weighted by Gasteiger charge is -2.26. The SMILES string of the molecule is C=CCOc1ccccc1/C=C1\C(=O)NC(=O)N(c2ccc([N+](=O)[O-])cc2)C1=O. The number of rotatable bonds is 6. The fourth-order valence-electron chi connectivity index (χ4n) is 2.65. The molecule has 29 heavy (non-hydrogen) atoms. The largest absolute Gasteiger partial charge is 0.489 e. The van der Waals surface area contributed by atoms with Gasteiger partial charge in [0.15, 0.2) is 0 Å². The molecule has 1 heterocycles. The van der Waals surface area contributed by atoms with E-state index < -0.39 is 22.8 Å². The number of nitrogens with one attached hydrogen (secondary N) is 1. The van der Waals surface area contributed by atoms with Gasteiger partial charge >= 0.3 is 6.03 Å². The number of hydrogen-bond acceptors (Lipinski definition) is 6. The van der Waals surface area contributed by atoms with Gasteiger partial charge in [0.1, 0.15) is 17.9 Å². The van der Waals surface area contributed by atoms with Gasteiger partial charge < -0.3 is 4.74 Å². The number of amides is 4. The van der Waals surface area contributed by atoms with Crippen molar-refractivity contribution in [1.82, 2.24) is 5.32 Å². The van der Waals surface area contributed by atoms with Crippen molar-refractivity contribution in [1.29, 1.82) is 0 Å². The number of nitrogens with zero attached hydrogens (tertiary/aromatic N) is 2. The molecule has 0 unspecified atom stereocenters. The van der Waals surface area contributed by atoms with Gasteiger partial charge in [-0.2, -0.15) is 0 Å². The third-order valence-electron chi connectivity index (χ3n) is 4.00. The molecule has 0 atom stereocenters. The molecular weight excluding hydrogens is 378 g/mol. The van der Waals surface area contributed by atoms with Gasteiger partial charge in [-0.3, -0.25) is 25.0 Å². The van der Waals surface area contributed by atoms with Crippen LogP contribution >= 0.6 is 0 Å². The van der Waals surface area contributed by atoms with E-state index in [1.54, 1.807) is 30.3 Å². The second-order valence-electron chi connectivity index (χ2n) is 5.87. The van der Waals surface area contributed by atoms with Crippen LogP contribution in [0.4, 0.5) is 16.2 Å². The van der Waals surface area contributed by atoms with Gasteiger partial charge in [-0.15, -0.1) is 0 Å². The van der Waals surface area contributed by atoms with E-state index in [0.717, 1.165) is 17.0 Å². The molecule has 0 radical (unpaired) electrons. The van der Waals surface area contributed by atoms with Gasteiger partial charge in [0.25, 0.3) is 17.5 Å². The Morgan fingerprint density at radius 1 is 1.10 bits per heavy atom. The molecule has 2 aromatic carbocycles.